The van der Waals surface area contributed by atoms with Gasteiger partial charge in [-0.25, -0.2) is 0 Å². The summed E-state index contributed by atoms with van der Waals surface area (Å²) in [5.41, 5.74) is 4.12. The van der Waals surface area contributed by atoms with Crippen LogP contribution in [0, 0.1) is 12.8 Å². The van der Waals surface area contributed by atoms with Crippen molar-refractivity contribution in [3.63, 3.8) is 0 Å². The van der Waals surface area contributed by atoms with Crippen molar-refractivity contribution >= 4 is 35.7 Å². The van der Waals surface area contributed by atoms with Gasteiger partial charge in [-0.15, -0.1) is 24.8 Å². The molecule has 3 rings (SSSR count). The Labute approximate surface area is 152 Å². The molecule has 0 saturated carbocycles. The van der Waals surface area contributed by atoms with E-state index in [1.54, 1.807) is 0 Å². The van der Waals surface area contributed by atoms with Crippen LogP contribution in [0.2, 0.25) is 0 Å². The van der Waals surface area contributed by atoms with Gasteiger partial charge >= 0.3 is 0 Å². The first kappa shape index (κ1) is 20.3. The minimum atomic E-state index is 0. The molecule has 130 valence electrons. The van der Waals surface area contributed by atoms with Crippen LogP contribution in [0.4, 0.5) is 0 Å². The molecule has 1 aromatic carbocycles. The van der Waals surface area contributed by atoms with Crippen molar-refractivity contribution in [3.8, 4) is 0 Å². The zero-order valence-electron chi connectivity index (χ0n) is 14.3. The number of aryl methyl sites for hydroxylation is 1. The Balaban J connectivity index is 0.00000132. The Morgan fingerprint density at radius 2 is 1.74 bits per heavy atom. The number of hydrogen-bond donors (Lipinski definition) is 2. The van der Waals surface area contributed by atoms with E-state index in [0.717, 1.165) is 26.2 Å². The zero-order valence-corrected chi connectivity index (χ0v) is 15.9. The van der Waals surface area contributed by atoms with Crippen LogP contribution in [-0.4, -0.2) is 36.1 Å². The van der Waals surface area contributed by atoms with Gasteiger partial charge in [0, 0.05) is 48.8 Å². The molecule has 0 aliphatic carbocycles. The number of piperazine rings is 1. The van der Waals surface area contributed by atoms with E-state index in [1.165, 1.54) is 28.6 Å². The maximum absolute atomic E-state index is 3.58. The predicted molar refractivity (Wildman–Crippen MR) is 104 cm³/mol. The Kier molecular flexibility index (Phi) is 7.88. The first-order valence-electron chi connectivity index (χ1n) is 8.18. The highest BCUT2D eigenvalue weighted by atomic mass is 35.5. The first-order chi connectivity index (χ1) is 10.2. The van der Waals surface area contributed by atoms with Crippen molar-refractivity contribution in [2.24, 2.45) is 5.92 Å². The van der Waals surface area contributed by atoms with Gasteiger partial charge in [0.25, 0.3) is 0 Å². The smallest absolute Gasteiger partial charge is 0.0459 e. The maximum Gasteiger partial charge on any atom is 0.0459 e. The van der Waals surface area contributed by atoms with Crippen molar-refractivity contribution in [1.29, 1.82) is 0 Å². The Morgan fingerprint density at radius 1 is 1.09 bits per heavy atom. The van der Waals surface area contributed by atoms with Gasteiger partial charge in [0.05, 0.1) is 0 Å². The third kappa shape index (κ3) is 4.42. The van der Waals surface area contributed by atoms with Gasteiger partial charge in [-0.1, -0.05) is 32.0 Å². The second-order valence-corrected chi connectivity index (χ2v) is 6.64. The van der Waals surface area contributed by atoms with E-state index in [9.17, 15) is 0 Å². The van der Waals surface area contributed by atoms with Crippen LogP contribution in [0.1, 0.15) is 37.6 Å². The molecule has 1 aliphatic rings. The molecule has 1 fully saturated rings. The number of fused-ring (bicyclic) bond motifs is 1. The van der Waals surface area contributed by atoms with Gasteiger partial charge in [0.2, 0.25) is 0 Å². The second-order valence-electron chi connectivity index (χ2n) is 6.64. The van der Waals surface area contributed by atoms with Gasteiger partial charge in [-0.3, -0.25) is 4.90 Å². The number of benzene rings is 1. The van der Waals surface area contributed by atoms with E-state index in [2.05, 4.69) is 60.2 Å². The quantitative estimate of drug-likeness (QED) is 0.853. The third-order valence-electron chi connectivity index (χ3n) is 4.56. The van der Waals surface area contributed by atoms with Gasteiger partial charge in [0.15, 0.2) is 0 Å². The summed E-state index contributed by atoms with van der Waals surface area (Å²) in [6, 6.07) is 9.26. The molecule has 0 unspecified atom stereocenters. The lowest BCUT2D eigenvalue weighted by Crippen LogP contribution is -2.45. The molecule has 0 bridgehead atoms. The van der Waals surface area contributed by atoms with Crippen molar-refractivity contribution in [2.75, 3.05) is 26.2 Å². The fraction of sp³-hybridized carbons (Fsp3) is 0.556. The summed E-state index contributed by atoms with van der Waals surface area (Å²) in [5, 5.41) is 4.87. The molecule has 0 radical (unpaired) electrons. The average molecular weight is 358 g/mol. The van der Waals surface area contributed by atoms with E-state index in [-0.39, 0.29) is 24.8 Å². The van der Waals surface area contributed by atoms with E-state index in [4.69, 9.17) is 0 Å². The number of rotatable bonds is 4. The van der Waals surface area contributed by atoms with Crippen LogP contribution in [-0.2, 0) is 0 Å². The molecule has 2 N–H and O–H groups in total. The first-order valence-corrected chi connectivity index (χ1v) is 8.18. The van der Waals surface area contributed by atoms with Gasteiger partial charge < -0.3 is 10.3 Å². The number of nitrogens with one attached hydrogen (secondary N) is 2. The molecule has 23 heavy (non-hydrogen) atoms. The summed E-state index contributed by atoms with van der Waals surface area (Å²) >= 11 is 0. The van der Waals surface area contributed by atoms with Crippen molar-refractivity contribution in [2.45, 2.75) is 33.2 Å². The predicted octanol–water partition coefficient (Wildman–Crippen LogP) is 4.31. The lowest BCUT2D eigenvalue weighted by molar-refractivity contribution is 0.154. The maximum atomic E-state index is 3.58. The van der Waals surface area contributed by atoms with E-state index in [0.29, 0.717) is 12.0 Å². The van der Waals surface area contributed by atoms with Crippen LogP contribution in [0.3, 0.4) is 0 Å². The lowest BCUT2D eigenvalue weighted by atomic mass is 9.93. The van der Waals surface area contributed by atoms with Crippen LogP contribution in [0.25, 0.3) is 10.9 Å². The van der Waals surface area contributed by atoms with Crippen LogP contribution in [0.5, 0.6) is 0 Å². The number of hydrogen-bond acceptors (Lipinski definition) is 2. The summed E-state index contributed by atoms with van der Waals surface area (Å²) in [6.45, 7) is 11.4. The highest BCUT2D eigenvalue weighted by Gasteiger charge is 2.26. The summed E-state index contributed by atoms with van der Waals surface area (Å²) in [7, 11) is 0. The monoisotopic (exact) mass is 357 g/mol. The second kappa shape index (κ2) is 8.93. The number of para-hydroxylation sites is 1. The summed E-state index contributed by atoms with van der Waals surface area (Å²) in [5.74, 6) is 0.706. The molecule has 2 aromatic rings. The van der Waals surface area contributed by atoms with Crippen LogP contribution < -0.4 is 5.32 Å². The molecule has 1 aliphatic heterocycles. The number of nitrogens with zero attached hydrogens (tertiary/aromatic N) is 1. The van der Waals surface area contributed by atoms with Crippen molar-refractivity contribution < 1.29 is 0 Å². The topological polar surface area (TPSA) is 31.1 Å². The Bertz CT molecular complexity index is 603. The highest BCUT2D eigenvalue weighted by Crippen LogP contribution is 2.35. The van der Waals surface area contributed by atoms with Crippen LogP contribution in [0.15, 0.2) is 24.3 Å². The number of aromatic amines is 1. The standard InChI is InChI=1S/C18H27N3.2ClH/c1-13(2)12-17(21-10-8-19-9-11-21)18-14(3)20-16-7-5-4-6-15(16)18;;/h4-7,13,17,19-20H,8-12H2,1-3H3;2*1H/t17-;;/m1../s1. The number of halogens is 2. The minimum Gasteiger partial charge on any atom is -0.358 e. The molecule has 0 spiro atoms. The van der Waals surface area contributed by atoms with Gasteiger partial charge in [-0.2, -0.15) is 0 Å². The SMILES string of the molecule is Cc1[nH]c2ccccc2c1[C@@H](CC(C)C)N1CCNCC1.Cl.Cl. The summed E-state index contributed by atoms with van der Waals surface area (Å²) in [4.78, 5) is 6.24. The van der Waals surface area contributed by atoms with Gasteiger partial charge in [-0.05, 0) is 30.9 Å². The molecule has 0 amide bonds. The zero-order chi connectivity index (χ0) is 14.8. The Hall–Kier alpha value is -0.740. The van der Waals surface area contributed by atoms with Crippen LogP contribution >= 0.6 is 24.8 Å². The third-order valence-corrected chi connectivity index (χ3v) is 4.56. The fourth-order valence-corrected chi connectivity index (χ4v) is 3.62. The highest BCUT2D eigenvalue weighted by molar-refractivity contribution is 5.86. The van der Waals surface area contributed by atoms with Crippen molar-refractivity contribution in [1.82, 2.24) is 15.2 Å². The molecule has 1 saturated heterocycles. The number of H-pyrrole nitrogens is 1. The van der Waals surface area contributed by atoms with Gasteiger partial charge in [0.1, 0.15) is 0 Å². The largest absolute Gasteiger partial charge is 0.358 e. The molecule has 2 heterocycles. The molecular formula is C18H29Cl2N3. The molecule has 1 aromatic heterocycles. The van der Waals surface area contributed by atoms with Crippen molar-refractivity contribution in [3.05, 3.63) is 35.5 Å². The summed E-state index contributed by atoms with van der Waals surface area (Å²) < 4.78 is 0. The van der Waals surface area contributed by atoms with E-state index >= 15 is 0 Å². The minimum absolute atomic E-state index is 0. The van der Waals surface area contributed by atoms with E-state index < -0.39 is 0 Å². The average Bonchev–Trinajstić information content (AvgIpc) is 2.81. The fourth-order valence-electron chi connectivity index (χ4n) is 3.62. The molecular weight excluding hydrogens is 329 g/mol. The molecule has 5 heteroatoms. The molecule has 3 nitrogen and oxygen atoms in total. The normalized spacial score (nSPS) is 16.9. The molecule has 1 atom stereocenters. The van der Waals surface area contributed by atoms with E-state index in [1.807, 2.05) is 0 Å². The Morgan fingerprint density at radius 3 is 2.39 bits per heavy atom. The lowest BCUT2D eigenvalue weighted by Gasteiger charge is -2.36. The summed E-state index contributed by atoms with van der Waals surface area (Å²) in [6.07, 6.45) is 1.22. The number of aromatic nitrogens is 1.